The van der Waals surface area contributed by atoms with Crippen LogP contribution in [0.5, 0.6) is 11.5 Å². The first kappa shape index (κ1) is 13.9. The quantitative estimate of drug-likeness (QED) is 0.866. The van der Waals surface area contributed by atoms with Crippen molar-refractivity contribution in [3.05, 3.63) is 58.6 Å². The lowest BCUT2D eigenvalue weighted by Crippen LogP contribution is -2.08. The van der Waals surface area contributed by atoms with E-state index in [0.29, 0.717) is 5.02 Å². The first-order chi connectivity index (χ1) is 9.10. The van der Waals surface area contributed by atoms with Gasteiger partial charge in [-0.3, -0.25) is 0 Å². The highest BCUT2D eigenvalue weighted by atomic mass is 35.5. The number of nitrogens with two attached hydrogens (primary N) is 1. The highest BCUT2D eigenvalue weighted by molar-refractivity contribution is 6.30. The molecule has 0 heterocycles. The van der Waals surface area contributed by atoms with E-state index in [2.05, 4.69) is 6.92 Å². The molecule has 2 N–H and O–H groups in total. The second-order valence-corrected chi connectivity index (χ2v) is 5.03. The fourth-order valence-corrected chi connectivity index (χ4v) is 1.99. The van der Waals surface area contributed by atoms with Gasteiger partial charge in [0, 0.05) is 11.1 Å². The van der Waals surface area contributed by atoms with Crippen molar-refractivity contribution in [3.8, 4) is 11.5 Å². The number of hydrogen-bond acceptors (Lipinski definition) is 2. The standard InChI is InChI=1S/C16H18ClNO/c1-3-15(18)12-5-8-14(9-6-12)19-16-10-13(17)7-4-11(16)2/h4-10,15H,3,18H2,1-2H3. The van der Waals surface area contributed by atoms with Crippen LogP contribution < -0.4 is 10.5 Å². The van der Waals surface area contributed by atoms with E-state index in [0.717, 1.165) is 29.0 Å². The normalized spacial score (nSPS) is 12.2. The number of ether oxygens (including phenoxy) is 1. The molecule has 0 spiro atoms. The Kier molecular flexibility index (Phi) is 4.46. The van der Waals surface area contributed by atoms with Crippen molar-refractivity contribution in [2.45, 2.75) is 26.3 Å². The third-order valence-electron chi connectivity index (χ3n) is 3.13. The van der Waals surface area contributed by atoms with Gasteiger partial charge in [-0.05, 0) is 48.7 Å². The molecule has 2 aromatic carbocycles. The first-order valence-electron chi connectivity index (χ1n) is 6.39. The van der Waals surface area contributed by atoms with Gasteiger partial charge < -0.3 is 10.5 Å². The zero-order chi connectivity index (χ0) is 13.8. The Morgan fingerprint density at radius 1 is 1.16 bits per heavy atom. The summed E-state index contributed by atoms with van der Waals surface area (Å²) >= 11 is 5.97. The van der Waals surface area contributed by atoms with Gasteiger partial charge in [0.25, 0.3) is 0 Å². The lowest BCUT2D eigenvalue weighted by molar-refractivity contribution is 0.478. The SMILES string of the molecule is CCC(N)c1ccc(Oc2cc(Cl)ccc2C)cc1. The summed E-state index contributed by atoms with van der Waals surface area (Å²) in [7, 11) is 0. The zero-order valence-electron chi connectivity index (χ0n) is 11.2. The van der Waals surface area contributed by atoms with Crippen LogP contribution in [0.3, 0.4) is 0 Å². The van der Waals surface area contributed by atoms with E-state index < -0.39 is 0 Å². The van der Waals surface area contributed by atoms with Gasteiger partial charge in [-0.15, -0.1) is 0 Å². The minimum atomic E-state index is 0.0851. The van der Waals surface area contributed by atoms with E-state index in [1.54, 1.807) is 0 Å². The zero-order valence-corrected chi connectivity index (χ0v) is 11.9. The van der Waals surface area contributed by atoms with E-state index in [9.17, 15) is 0 Å². The molecule has 2 rings (SSSR count). The van der Waals surface area contributed by atoms with Crippen LogP contribution in [0.4, 0.5) is 0 Å². The highest BCUT2D eigenvalue weighted by Gasteiger charge is 2.05. The molecular weight excluding hydrogens is 258 g/mol. The van der Waals surface area contributed by atoms with Crippen molar-refractivity contribution in [3.63, 3.8) is 0 Å². The summed E-state index contributed by atoms with van der Waals surface area (Å²) in [6.07, 6.45) is 0.924. The third kappa shape index (κ3) is 3.49. The van der Waals surface area contributed by atoms with Crippen molar-refractivity contribution < 1.29 is 4.74 Å². The molecule has 1 atom stereocenters. The summed E-state index contributed by atoms with van der Waals surface area (Å²) in [4.78, 5) is 0. The van der Waals surface area contributed by atoms with E-state index in [1.165, 1.54) is 0 Å². The maximum atomic E-state index is 5.98. The number of aryl methyl sites for hydroxylation is 1. The smallest absolute Gasteiger partial charge is 0.131 e. The van der Waals surface area contributed by atoms with E-state index in [4.69, 9.17) is 22.1 Å². The summed E-state index contributed by atoms with van der Waals surface area (Å²) in [5.74, 6) is 1.57. The lowest BCUT2D eigenvalue weighted by atomic mass is 10.1. The molecule has 0 aliphatic heterocycles. The number of halogens is 1. The summed E-state index contributed by atoms with van der Waals surface area (Å²) in [6, 6.07) is 13.6. The fraction of sp³-hybridized carbons (Fsp3) is 0.250. The molecule has 0 aliphatic carbocycles. The monoisotopic (exact) mass is 275 g/mol. The molecule has 1 unspecified atom stereocenters. The molecule has 0 saturated carbocycles. The molecule has 0 fully saturated rings. The van der Waals surface area contributed by atoms with Crippen LogP contribution in [0.25, 0.3) is 0 Å². The van der Waals surface area contributed by atoms with Crippen LogP contribution >= 0.6 is 11.6 Å². The Morgan fingerprint density at radius 3 is 2.47 bits per heavy atom. The van der Waals surface area contributed by atoms with Gasteiger partial charge in [-0.1, -0.05) is 36.7 Å². The molecule has 100 valence electrons. The number of hydrogen-bond donors (Lipinski definition) is 1. The molecule has 3 heteroatoms. The van der Waals surface area contributed by atoms with Crippen molar-refractivity contribution in [1.29, 1.82) is 0 Å². The number of rotatable bonds is 4. The van der Waals surface area contributed by atoms with Gasteiger partial charge in [0.2, 0.25) is 0 Å². The van der Waals surface area contributed by atoms with Crippen molar-refractivity contribution >= 4 is 11.6 Å². The maximum absolute atomic E-state index is 5.98. The van der Waals surface area contributed by atoms with Gasteiger partial charge in [0.15, 0.2) is 0 Å². The average Bonchev–Trinajstić information content (AvgIpc) is 2.43. The van der Waals surface area contributed by atoms with Gasteiger partial charge in [0.1, 0.15) is 11.5 Å². The van der Waals surface area contributed by atoms with Crippen LogP contribution in [0, 0.1) is 6.92 Å². The van der Waals surface area contributed by atoms with E-state index >= 15 is 0 Å². The average molecular weight is 276 g/mol. The topological polar surface area (TPSA) is 35.2 Å². The van der Waals surface area contributed by atoms with Crippen molar-refractivity contribution in [1.82, 2.24) is 0 Å². The van der Waals surface area contributed by atoms with E-state index in [1.807, 2.05) is 49.4 Å². The largest absolute Gasteiger partial charge is 0.457 e. The first-order valence-corrected chi connectivity index (χ1v) is 6.77. The molecule has 19 heavy (non-hydrogen) atoms. The summed E-state index contributed by atoms with van der Waals surface area (Å²) in [6.45, 7) is 4.07. The third-order valence-corrected chi connectivity index (χ3v) is 3.36. The Balaban J connectivity index is 2.17. The summed E-state index contributed by atoms with van der Waals surface area (Å²) < 4.78 is 5.83. The molecule has 0 saturated heterocycles. The second-order valence-electron chi connectivity index (χ2n) is 4.60. The fourth-order valence-electron chi connectivity index (χ4n) is 1.83. The van der Waals surface area contributed by atoms with Crippen molar-refractivity contribution in [2.24, 2.45) is 5.73 Å². The van der Waals surface area contributed by atoms with Crippen LogP contribution in [0.2, 0.25) is 5.02 Å². The predicted octanol–water partition coefficient (Wildman–Crippen LogP) is 4.85. The summed E-state index contributed by atoms with van der Waals surface area (Å²) in [5, 5.41) is 0.672. The Morgan fingerprint density at radius 2 is 1.84 bits per heavy atom. The Labute approximate surface area is 119 Å². The van der Waals surface area contributed by atoms with Crippen LogP contribution in [-0.4, -0.2) is 0 Å². The highest BCUT2D eigenvalue weighted by Crippen LogP contribution is 2.28. The Hall–Kier alpha value is -1.51. The molecule has 2 aromatic rings. The lowest BCUT2D eigenvalue weighted by Gasteiger charge is -2.12. The maximum Gasteiger partial charge on any atom is 0.131 e. The molecule has 2 nitrogen and oxygen atoms in total. The molecule has 0 aliphatic rings. The number of benzene rings is 2. The Bertz CT molecular complexity index is 551. The van der Waals surface area contributed by atoms with E-state index in [-0.39, 0.29) is 6.04 Å². The molecular formula is C16H18ClNO. The van der Waals surface area contributed by atoms with Gasteiger partial charge in [-0.25, -0.2) is 0 Å². The summed E-state index contributed by atoms with van der Waals surface area (Å²) in [5.41, 5.74) is 8.16. The predicted molar refractivity (Wildman–Crippen MR) is 79.9 cm³/mol. The molecule has 0 amide bonds. The minimum Gasteiger partial charge on any atom is -0.457 e. The van der Waals surface area contributed by atoms with Gasteiger partial charge in [-0.2, -0.15) is 0 Å². The minimum absolute atomic E-state index is 0.0851. The second kappa shape index (κ2) is 6.09. The van der Waals surface area contributed by atoms with Crippen LogP contribution in [0.1, 0.15) is 30.5 Å². The molecule has 0 bridgehead atoms. The molecule has 0 aromatic heterocycles. The van der Waals surface area contributed by atoms with Gasteiger partial charge in [0.05, 0.1) is 0 Å². The molecule has 0 radical (unpaired) electrons. The van der Waals surface area contributed by atoms with Crippen LogP contribution in [-0.2, 0) is 0 Å². The van der Waals surface area contributed by atoms with Crippen LogP contribution in [0.15, 0.2) is 42.5 Å². The van der Waals surface area contributed by atoms with Gasteiger partial charge >= 0.3 is 0 Å². The van der Waals surface area contributed by atoms with Crippen molar-refractivity contribution in [2.75, 3.05) is 0 Å².